The molecule has 2 saturated heterocycles. The topological polar surface area (TPSA) is 91.8 Å². The maximum atomic E-state index is 13.2. The van der Waals surface area contributed by atoms with Gasteiger partial charge in [-0.25, -0.2) is 13.4 Å². The van der Waals surface area contributed by atoms with Crippen molar-refractivity contribution in [3.63, 3.8) is 0 Å². The van der Waals surface area contributed by atoms with Gasteiger partial charge < -0.3 is 15.0 Å². The Bertz CT molecular complexity index is 1050. The number of carbonyl (C=O) groups is 1. The van der Waals surface area contributed by atoms with Gasteiger partial charge in [0, 0.05) is 38.1 Å². The van der Waals surface area contributed by atoms with Gasteiger partial charge in [-0.15, -0.1) is 0 Å². The third-order valence-corrected chi connectivity index (χ3v) is 7.71. The minimum Gasteiger partial charge on any atom is -0.495 e. The standard InChI is InChI=1S/C22H28N4O4S/c1-30-19-10-9-17(16-20(19)31(28,29)26-14-3-2-4-15-26)24-22(27)18-8-7-11-23-21(18)25-12-5-6-13-25/h7-11,16H,2-6,12-15H2,1H3,(H,24,27). The number of anilines is 2. The maximum Gasteiger partial charge on any atom is 0.259 e. The van der Waals surface area contributed by atoms with Gasteiger partial charge in [0.25, 0.3) is 5.91 Å². The van der Waals surface area contributed by atoms with E-state index >= 15 is 0 Å². The highest BCUT2D eigenvalue weighted by Crippen LogP contribution is 2.31. The summed E-state index contributed by atoms with van der Waals surface area (Å²) in [4.78, 5) is 19.6. The highest BCUT2D eigenvalue weighted by Gasteiger charge is 2.29. The minimum absolute atomic E-state index is 0.0700. The molecule has 4 rings (SSSR count). The zero-order chi connectivity index (χ0) is 21.8. The van der Waals surface area contributed by atoms with Crippen molar-refractivity contribution < 1.29 is 17.9 Å². The molecular formula is C22H28N4O4S. The van der Waals surface area contributed by atoms with Crippen LogP contribution >= 0.6 is 0 Å². The molecule has 0 spiro atoms. The van der Waals surface area contributed by atoms with E-state index in [-0.39, 0.29) is 16.6 Å². The molecule has 2 aliphatic heterocycles. The van der Waals surface area contributed by atoms with Gasteiger partial charge in [-0.1, -0.05) is 6.42 Å². The Morgan fingerprint density at radius 3 is 2.45 bits per heavy atom. The molecule has 9 heteroatoms. The molecule has 1 N–H and O–H groups in total. The van der Waals surface area contributed by atoms with Gasteiger partial charge >= 0.3 is 0 Å². The highest BCUT2D eigenvalue weighted by molar-refractivity contribution is 7.89. The number of hydrogen-bond donors (Lipinski definition) is 1. The van der Waals surface area contributed by atoms with Gasteiger partial charge in [0.2, 0.25) is 10.0 Å². The lowest BCUT2D eigenvalue weighted by Gasteiger charge is -2.26. The highest BCUT2D eigenvalue weighted by atomic mass is 32.2. The molecule has 3 heterocycles. The van der Waals surface area contributed by atoms with Crippen LogP contribution in [0.25, 0.3) is 0 Å². The Hall–Kier alpha value is -2.65. The molecule has 31 heavy (non-hydrogen) atoms. The summed E-state index contributed by atoms with van der Waals surface area (Å²) >= 11 is 0. The SMILES string of the molecule is COc1ccc(NC(=O)c2cccnc2N2CCCC2)cc1S(=O)(=O)N1CCCCC1. The van der Waals surface area contributed by atoms with E-state index < -0.39 is 10.0 Å². The van der Waals surface area contributed by atoms with E-state index in [9.17, 15) is 13.2 Å². The Morgan fingerprint density at radius 2 is 1.74 bits per heavy atom. The second kappa shape index (κ2) is 9.23. The van der Waals surface area contributed by atoms with Gasteiger partial charge in [-0.3, -0.25) is 4.79 Å². The van der Waals surface area contributed by atoms with Crippen LogP contribution in [-0.4, -0.2) is 56.9 Å². The second-order valence-corrected chi connectivity index (χ2v) is 9.76. The number of nitrogens with one attached hydrogen (secondary N) is 1. The molecule has 0 atom stereocenters. The molecule has 0 saturated carbocycles. The Labute approximate surface area is 183 Å². The summed E-state index contributed by atoms with van der Waals surface area (Å²) in [7, 11) is -2.27. The van der Waals surface area contributed by atoms with E-state index in [4.69, 9.17) is 4.74 Å². The first-order valence-corrected chi connectivity index (χ1v) is 12.1. The van der Waals surface area contributed by atoms with E-state index in [0.29, 0.717) is 30.2 Å². The average molecular weight is 445 g/mol. The maximum absolute atomic E-state index is 13.2. The lowest BCUT2D eigenvalue weighted by molar-refractivity contribution is 0.102. The third kappa shape index (κ3) is 4.52. The molecule has 0 aliphatic carbocycles. The summed E-state index contributed by atoms with van der Waals surface area (Å²) in [5.41, 5.74) is 0.873. The first kappa shape index (κ1) is 21.6. The van der Waals surface area contributed by atoms with Gasteiger partial charge in [0.1, 0.15) is 16.5 Å². The second-order valence-electron chi connectivity index (χ2n) is 7.85. The predicted octanol–water partition coefficient (Wildman–Crippen LogP) is 3.12. The number of pyridine rings is 1. The van der Waals surface area contributed by atoms with Crippen molar-refractivity contribution in [2.24, 2.45) is 0 Å². The molecule has 8 nitrogen and oxygen atoms in total. The van der Waals surface area contributed by atoms with Crippen LogP contribution in [-0.2, 0) is 10.0 Å². The van der Waals surface area contributed by atoms with E-state index in [2.05, 4.69) is 15.2 Å². The fourth-order valence-corrected chi connectivity index (χ4v) is 5.85. The smallest absolute Gasteiger partial charge is 0.259 e. The van der Waals surface area contributed by atoms with Crippen LogP contribution in [0.15, 0.2) is 41.4 Å². The molecule has 0 bridgehead atoms. The van der Waals surface area contributed by atoms with Crippen LogP contribution in [0.1, 0.15) is 42.5 Å². The summed E-state index contributed by atoms with van der Waals surface area (Å²) in [5.74, 6) is 0.608. The van der Waals surface area contributed by atoms with Crippen LogP contribution in [0.3, 0.4) is 0 Å². The first-order chi connectivity index (χ1) is 15.0. The van der Waals surface area contributed by atoms with E-state index in [1.54, 1.807) is 30.5 Å². The number of hydrogen-bond acceptors (Lipinski definition) is 6. The van der Waals surface area contributed by atoms with Crippen LogP contribution < -0.4 is 15.0 Å². The summed E-state index contributed by atoms with van der Waals surface area (Å²) in [6, 6.07) is 8.18. The fraction of sp³-hybridized carbons (Fsp3) is 0.455. The van der Waals surface area contributed by atoms with Crippen molar-refractivity contribution in [2.75, 3.05) is 43.5 Å². The molecule has 166 valence electrons. The van der Waals surface area contributed by atoms with Crippen LogP contribution in [0, 0.1) is 0 Å². The van der Waals surface area contributed by atoms with Crippen molar-refractivity contribution in [1.82, 2.24) is 9.29 Å². The van der Waals surface area contributed by atoms with Crippen molar-refractivity contribution in [3.05, 3.63) is 42.1 Å². The van der Waals surface area contributed by atoms with E-state index in [1.165, 1.54) is 17.5 Å². The molecular weight excluding hydrogens is 416 g/mol. The molecule has 1 aromatic carbocycles. The summed E-state index contributed by atoms with van der Waals surface area (Å²) in [6.07, 6.45) is 6.56. The Kier molecular flexibility index (Phi) is 6.43. The number of carbonyl (C=O) groups excluding carboxylic acids is 1. The third-order valence-electron chi connectivity index (χ3n) is 5.79. The fourth-order valence-electron chi connectivity index (χ4n) is 4.15. The van der Waals surface area contributed by atoms with Crippen LogP contribution in [0.5, 0.6) is 5.75 Å². The predicted molar refractivity (Wildman–Crippen MR) is 119 cm³/mol. The van der Waals surface area contributed by atoms with Crippen LogP contribution in [0.4, 0.5) is 11.5 Å². The molecule has 0 unspecified atom stereocenters. The Morgan fingerprint density at radius 1 is 1.03 bits per heavy atom. The van der Waals surface area contributed by atoms with Gasteiger partial charge in [0.15, 0.2) is 0 Å². The number of ether oxygens (including phenoxy) is 1. The summed E-state index contributed by atoms with van der Waals surface area (Å²) in [5, 5.41) is 2.84. The molecule has 0 radical (unpaired) electrons. The minimum atomic E-state index is -3.71. The lowest BCUT2D eigenvalue weighted by atomic mass is 10.2. The number of sulfonamides is 1. The lowest BCUT2D eigenvalue weighted by Crippen LogP contribution is -2.35. The quantitative estimate of drug-likeness (QED) is 0.736. The monoisotopic (exact) mass is 444 g/mol. The summed E-state index contributed by atoms with van der Waals surface area (Å²) < 4.78 is 33.3. The number of methoxy groups -OCH3 is 1. The van der Waals surface area contributed by atoms with Gasteiger partial charge in [-0.2, -0.15) is 4.31 Å². The molecule has 1 aromatic heterocycles. The number of piperidine rings is 1. The number of benzene rings is 1. The molecule has 2 fully saturated rings. The van der Waals surface area contributed by atoms with Crippen molar-refractivity contribution >= 4 is 27.4 Å². The van der Waals surface area contributed by atoms with Gasteiger partial charge in [0.05, 0.1) is 12.7 Å². The summed E-state index contributed by atoms with van der Waals surface area (Å²) in [6.45, 7) is 2.74. The zero-order valence-electron chi connectivity index (χ0n) is 17.7. The van der Waals surface area contributed by atoms with Crippen molar-refractivity contribution in [1.29, 1.82) is 0 Å². The largest absolute Gasteiger partial charge is 0.495 e. The number of rotatable bonds is 6. The number of aromatic nitrogens is 1. The van der Waals surface area contributed by atoms with E-state index in [1.807, 2.05) is 0 Å². The average Bonchev–Trinajstić information content (AvgIpc) is 3.34. The normalized spacial score (nSPS) is 17.5. The molecule has 2 aromatic rings. The number of nitrogens with zero attached hydrogens (tertiary/aromatic N) is 3. The Balaban J connectivity index is 1.61. The number of amides is 1. The van der Waals surface area contributed by atoms with Gasteiger partial charge in [-0.05, 0) is 56.0 Å². The molecule has 2 aliphatic rings. The first-order valence-electron chi connectivity index (χ1n) is 10.7. The van der Waals surface area contributed by atoms with E-state index in [0.717, 1.165) is 45.2 Å². The molecule has 1 amide bonds. The zero-order valence-corrected chi connectivity index (χ0v) is 18.5. The van der Waals surface area contributed by atoms with Crippen molar-refractivity contribution in [3.8, 4) is 5.75 Å². The van der Waals surface area contributed by atoms with Crippen molar-refractivity contribution in [2.45, 2.75) is 37.0 Å². The van der Waals surface area contributed by atoms with Crippen LogP contribution in [0.2, 0.25) is 0 Å².